The minimum Gasteiger partial charge on any atom is -0.493 e. The van der Waals surface area contributed by atoms with E-state index in [1.165, 1.54) is 0 Å². The number of hydrogen-bond acceptors (Lipinski definition) is 3. The van der Waals surface area contributed by atoms with E-state index in [1.807, 2.05) is 4.68 Å². The maximum atomic E-state index is 11.2. The molecule has 0 saturated heterocycles. The molecule has 1 unspecified atom stereocenters. The highest BCUT2D eigenvalue weighted by Gasteiger charge is 2.40. The maximum absolute atomic E-state index is 11.2. The van der Waals surface area contributed by atoms with Crippen LogP contribution in [0.3, 0.4) is 0 Å². The van der Waals surface area contributed by atoms with Gasteiger partial charge in [0.15, 0.2) is 5.75 Å². The van der Waals surface area contributed by atoms with Gasteiger partial charge in [-0.05, 0) is 51.4 Å². The SMILES string of the molecule is COc1cnn(C(C)C)c1C1(O)CCCC(C)(C)CC1. The van der Waals surface area contributed by atoms with Crippen molar-refractivity contribution < 1.29 is 9.84 Å². The second kappa shape index (κ2) is 5.40. The summed E-state index contributed by atoms with van der Waals surface area (Å²) >= 11 is 0. The van der Waals surface area contributed by atoms with Gasteiger partial charge in [0.25, 0.3) is 0 Å². The van der Waals surface area contributed by atoms with Crippen LogP contribution in [0.2, 0.25) is 0 Å². The van der Waals surface area contributed by atoms with Gasteiger partial charge in [-0.3, -0.25) is 4.68 Å². The zero-order valence-electron chi connectivity index (χ0n) is 13.4. The molecule has 0 aromatic carbocycles. The lowest BCUT2D eigenvalue weighted by molar-refractivity contribution is 0.00613. The summed E-state index contributed by atoms with van der Waals surface area (Å²) < 4.78 is 7.36. The van der Waals surface area contributed by atoms with Crippen molar-refractivity contribution in [2.75, 3.05) is 7.11 Å². The molecular weight excluding hydrogens is 252 g/mol. The molecule has 20 heavy (non-hydrogen) atoms. The second-order valence-corrected chi connectivity index (χ2v) is 7.15. The van der Waals surface area contributed by atoms with Gasteiger partial charge in [0.05, 0.1) is 13.3 Å². The Morgan fingerprint density at radius 3 is 2.55 bits per heavy atom. The third kappa shape index (κ3) is 2.85. The van der Waals surface area contributed by atoms with E-state index >= 15 is 0 Å². The van der Waals surface area contributed by atoms with Crippen molar-refractivity contribution in [1.29, 1.82) is 0 Å². The Labute approximate surface area is 122 Å². The first-order chi connectivity index (χ1) is 9.29. The normalized spacial score (nSPS) is 26.6. The van der Waals surface area contributed by atoms with Gasteiger partial charge >= 0.3 is 0 Å². The van der Waals surface area contributed by atoms with Crippen molar-refractivity contribution in [2.45, 2.75) is 71.4 Å². The zero-order chi connectivity index (χ0) is 15.0. The van der Waals surface area contributed by atoms with Crippen molar-refractivity contribution in [3.05, 3.63) is 11.9 Å². The average Bonchev–Trinajstić information content (AvgIpc) is 2.75. The van der Waals surface area contributed by atoms with E-state index in [0.717, 1.165) is 37.8 Å². The minimum absolute atomic E-state index is 0.217. The smallest absolute Gasteiger partial charge is 0.162 e. The van der Waals surface area contributed by atoms with Crippen LogP contribution in [-0.4, -0.2) is 22.0 Å². The van der Waals surface area contributed by atoms with E-state index in [4.69, 9.17) is 4.74 Å². The predicted molar refractivity (Wildman–Crippen MR) is 79.9 cm³/mol. The largest absolute Gasteiger partial charge is 0.493 e. The highest BCUT2D eigenvalue weighted by Crippen LogP contribution is 2.45. The van der Waals surface area contributed by atoms with Crippen molar-refractivity contribution in [3.8, 4) is 5.75 Å². The molecule has 114 valence electrons. The topological polar surface area (TPSA) is 47.3 Å². The number of hydrogen-bond donors (Lipinski definition) is 1. The molecule has 0 aliphatic heterocycles. The monoisotopic (exact) mass is 280 g/mol. The lowest BCUT2D eigenvalue weighted by atomic mass is 9.83. The van der Waals surface area contributed by atoms with Gasteiger partial charge in [-0.25, -0.2) is 0 Å². The third-order valence-corrected chi connectivity index (χ3v) is 4.57. The highest BCUT2D eigenvalue weighted by molar-refractivity contribution is 5.31. The quantitative estimate of drug-likeness (QED) is 0.860. The molecule has 1 heterocycles. The summed E-state index contributed by atoms with van der Waals surface area (Å²) in [5.41, 5.74) is 0.341. The van der Waals surface area contributed by atoms with Gasteiger partial charge in [0, 0.05) is 6.04 Å². The molecule has 1 fully saturated rings. The fourth-order valence-corrected chi connectivity index (χ4v) is 3.22. The highest BCUT2D eigenvalue weighted by atomic mass is 16.5. The van der Waals surface area contributed by atoms with Gasteiger partial charge in [0.2, 0.25) is 0 Å². The molecule has 1 atom stereocenters. The van der Waals surface area contributed by atoms with E-state index in [0.29, 0.717) is 11.2 Å². The standard InChI is InChI=1S/C16H28N2O2/c1-12(2)18-14(13(20-5)11-17-18)16(19)8-6-7-15(3,4)9-10-16/h11-12,19H,6-10H2,1-5H3. The van der Waals surface area contributed by atoms with E-state index in [1.54, 1.807) is 13.3 Å². The second-order valence-electron chi connectivity index (χ2n) is 7.15. The Bertz CT molecular complexity index is 465. The van der Waals surface area contributed by atoms with E-state index in [-0.39, 0.29) is 6.04 Å². The summed E-state index contributed by atoms with van der Waals surface area (Å²) in [6, 6.07) is 0.217. The Balaban J connectivity index is 2.40. The number of ether oxygens (including phenoxy) is 1. The van der Waals surface area contributed by atoms with Crippen molar-refractivity contribution in [1.82, 2.24) is 9.78 Å². The Kier molecular flexibility index (Phi) is 4.14. The van der Waals surface area contributed by atoms with Gasteiger partial charge in [0.1, 0.15) is 11.3 Å². The molecule has 4 heteroatoms. The third-order valence-electron chi connectivity index (χ3n) is 4.57. The number of methoxy groups -OCH3 is 1. The number of rotatable bonds is 3. The van der Waals surface area contributed by atoms with Crippen LogP contribution in [0, 0.1) is 5.41 Å². The summed E-state index contributed by atoms with van der Waals surface area (Å²) in [5.74, 6) is 0.709. The van der Waals surface area contributed by atoms with Crippen LogP contribution < -0.4 is 4.74 Å². The molecule has 2 rings (SSSR count). The molecule has 4 nitrogen and oxygen atoms in total. The first-order valence-corrected chi connectivity index (χ1v) is 7.63. The molecule has 0 bridgehead atoms. The van der Waals surface area contributed by atoms with E-state index in [9.17, 15) is 5.11 Å². The van der Waals surface area contributed by atoms with Gasteiger partial charge in [-0.15, -0.1) is 0 Å². The zero-order valence-corrected chi connectivity index (χ0v) is 13.4. The summed E-state index contributed by atoms with van der Waals surface area (Å²) in [7, 11) is 1.65. The van der Waals surface area contributed by atoms with Crippen LogP contribution in [-0.2, 0) is 5.60 Å². The summed E-state index contributed by atoms with van der Waals surface area (Å²) in [6.07, 6.45) is 6.50. The Hall–Kier alpha value is -1.03. The molecule has 0 spiro atoms. The predicted octanol–water partition coefficient (Wildman–Crippen LogP) is 3.65. The molecule has 1 aliphatic carbocycles. The maximum Gasteiger partial charge on any atom is 0.162 e. The van der Waals surface area contributed by atoms with Gasteiger partial charge in [-0.2, -0.15) is 5.10 Å². The molecule has 1 aliphatic rings. The van der Waals surface area contributed by atoms with E-state index < -0.39 is 5.60 Å². The lowest BCUT2D eigenvalue weighted by Crippen LogP contribution is -2.30. The Morgan fingerprint density at radius 1 is 1.25 bits per heavy atom. The molecular formula is C16H28N2O2. The average molecular weight is 280 g/mol. The van der Waals surface area contributed by atoms with Gasteiger partial charge in [-0.1, -0.05) is 13.8 Å². The molecule has 1 aromatic rings. The summed E-state index contributed by atoms with van der Waals surface area (Å²) in [6.45, 7) is 8.74. The van der Waals surface area contributed by atoms with Crippen LogP contribution in [0.1, 0.15) is 71.5 Å². The summed E-state index contributed by atoms with van der Waals surface area (Å²) in [4.78, 5) is 0. The van der Waals surface area contributed by atoms with Crippen molar-refractivity contribution in [3.63, 3.8) is 0 Å². The molecule has 1 N–H and O–H groups in total. The number of aliphatic hydroxyl groups is 1. The number of aromatic nitrogens is 2. The van der Waals surface area contributed by atoms with Crippen LogP contribution >= 0.6 is 0 Å². The molecule has 0 radical (unpaired) electrons. The van der Waals surface area contributed by atoms with Crippen LogP contribution in [0.25, 0.3) is 0 Å². The van der Waals surface area contributed by atoms with Gasteiger partial charge < -0.3 is 9.84 Å². The van der Waals surface area contributed by atoms with E-state index in [2.05, 4.69) is 32.8 Å². The first kappa shape index (κ1) is 15.4. The Morgan fingerprint density at radius 2 is 1.95 bits per heavy atom. The first-order valence-electron chi connectivity index (χ1n) is 7.63. The van der Waals surface area contributed by atoms with Crippen molar-refractivity contribution in [2.24, 2.45) is 5.41 Å². The molecule has 0 amide bonds. The number of nitrogens with zero attached hydrogens (tertiary/aromatic N) is 2. The van der Waals surface area contributed by atoms with Crippen LogP contribution in [0.15, 0.2) is 6.20 Å². The molecule has 1 saturated carbocycles. The lowest BCUT2D eigenvalue weighted by Gasteiger charge is -2.30. The fraction of sp³-hybridized carbons (Fsp3) is 0.812. The van der Waals surface area contributed by atoms with Crippen LogP contribution in [0.4, 0.5) is 0 Å². The molecule has 1 aromatic heterocycles. The minimum atomic E-state index is -0.820. The van der Waals surface area contributed by atoms with Crippen LogP contribution in [0.5, 0.6) is 5.75 Å². The summed E-state index contributed by atoms with van der Waals surface area (Å²) in [5, 5.41) is 15.7. The fourth-order valence-electron chi connectivity index (χ4n) is 3.22. The van der Waals surface area contributed by atoms with Crippen molar-refractivity contribution >= 4 is 0 Å².